The lowest BCUT2D eigenvalue weighted by molar-refractivity contribution is 0.195. The SMILES string of the molecule is CNc1ncc2cc(-c3cc(OC)cc(OC)c3Cl)c(=O)n(CCN3CCC(NC)CC3)c2n1. The van der Waals surface area contributed by atoms with Crippen molar-refractivity contribution >= 4 is 28.6 Å². The number of rotatable bonds is 8. The minimum atomic E-state index is -0.171. The molecule has 3 aromatic rings. The smallest absolute Gasteiger partial charge is 0.260 e. The molecule has 2 aromatic heterocycles. The Hall–Kier alpha value is -2.88. The van der Waals surface area contributed by atoms with Gasteiger partial charge >= 0.3 is 0 Å². The summed E-state index contributed by atoms with van der Waals surface area (Å²) in [5, 5.41) is 7.42. The molecule has 0 unspecified atom stereocenters. The van der Waals surface area contributed by atoms with Crippen LogP contribution in [0.25, 0.3) is 22.2 Å². The lowest BCUT2D eigenvalue weighted by atomic mass is 10.0. The van der Waals surface area contributed by atoms with Crippen LogP contribution in [0.4, 0.5) is 5.95 Å². The third-order valence-electron chi connectivity index (χ3n) is 6.44. The minimum absolute atomic E-state index is 0.171. The molecule has 1 saturated heterocycles. The predicted molar refractivity (Wildman–Crippen MR) is 135 cm³/mol. The lowest BCUT2D eigenvalue weighted by Crippen LogP contribution is -2.42. The number of piperidine rings is 1. The van der Waals surface area contributed by atoms with E-state index in [1.54, 1.807) is 43.1 Å². The van der Waals surface area contributed by atoms with Gasteiger partial charge in [0.05, 0.1) is 19.2 Å². The van der Waals surface area contributed by atoms with E-state index in [9.17, 15) is 4.79 Å². The van der Waals surface area contributed by atoms with Gasteiger partial charge in [0, 0.05) is 55.0 Å². The van der Waals surface area contributed by atoms with Gasteiger partial charge in [-0.25, -0.2) is 4.98 Å². The maximum Gasteiger partial charge on any atom is 0.260 e. The summed E-state index contributed by atoms with van der Waals surface area (Å²) in [5.41, 5.74) is 1.41. The molecule has 1 fully saturated rings. The number of hydrogen-bond acceptors (Lipinski definition) is 8. The number of benzene rings is 1. The van der Waals surface area contributed by atoms with Gasteiger partial charge in [-0.05, 0) is 45.1 Å². The zero-order chi connectivity index (χ0) is 24.2. The monoisotopic (exact) mass is 486 g/mol. The third-order valence-corrected chi connectivity index (χ3v) is 6.83. The molecular formula is C24H31ClN6O3. The van der Waals surface area contributed by atoms with Crippen LogP contribution in [0.1, 0.15) is 12.8 Å². The van der Waals surface area contributed by atoms with Crippen LogP contribution in [0.3, 0.4) is 0 Å². The molecule has 0 amide bonds. The highest BCUT2D eigenvalue weighted by atomic mass is 35.5. The number of fused-ring (bicyclic) bond motifs is 1. The van der Waals surface area contributed by atoms with Crippen LogP contribution in [0.2, 0.25) is 5.02 Å². The molecule has 0 aliphatic carbocycles. The first-order chi connectivity index (χ1) is 16.5. The van der Waals surface area contributed by atoms with Gasteiger partial charge in [-0.2, -0.15) is 4.98 Å². The summed E-state index contributed by atoms with van der Waals surface area (Å²) in [6.07, 6.45) is 3.91. The maximum absolute atomic E-state index is 13.8. The Balaban J connectivity index is 1.80. The first kappa shape index (κ1) is 24.3. The minimum Gasteiger partial charge on any atom is -0.497 e. The summed E-state index contributed by atoms with van der Waals surface area (Å²) in [5.74, 6) is 1.46. The fourth-order valence-corrected chi connectivity index (χ4v) is 4.69. The lowest BCUT2D eigenvalue weighted by Gasteiger charge is -2.31. The number of nitrogens with zero attached hydrogens (tertiary/aromatic N) is 4. The van der Waals surface area contributed by atoms with E-state index in [2.05, 4.69) is 25.5 Å². The number of likely N-dealkylation sites (tertiary alicyclic amines) is 1. The molecule has 182 valence electrons. The van der Waals surface area contributed by atoms with E-state index in [0.29, 0.717) is 51.8 Å². The van der Waals surface area contributed by atoms with Crippen molar-refractivity contribution in [2.24, 2.45) is 0 Å². The largest absolute Gasteiger partial charge is 0.497 e. The second-order valence-electron chi connectivity index (χ2n) is 8.33. The summed E-state index contributed by atoms with van der Waals surface area (Å²) < 4.78 is 12.6. The average Bonchev–Trinajstić information content (AvgIpc) is 2.88. The van der Waals surface area contributed by atoms with E-state index >= 15 is 0 Å². The molecule has 4 rings (SSSR count). The quantitative estimate of drug-likeness (QED) is 0.502. The van der Waals surface area contributed by atoms with Crippen molar-refractivity contribution in [2.45, 2.75) is 25.4 Å². The number of anilines is 1. The molecule has 10 heteroatoms. The van der Waals surface area contributed by atoms with Crippen molar-refractivity contribution < 1.29 is 9.47 Å². The van der Waals surface area contributed by atoms with Gasteiger partial charge in [0.25, 0.3) is 5.56 Å². The topological polar surface area (TPSA) is 93.5 Å². The average molecular weight is 487 g/mol. The maximum atomic E-state index is 13.8. The van der Waals surface area contributed by atoms with Crippen molar-refractivity contribution in [3.8, 4) is 22.6 Å². The molecule has 1 aliphatic rings. The van der Waals surface area contributed by atoms with Gasteiger partial charge in [0.2, 0.25) is 5.95 Å². The van der Waals surface area contributed by atoms with Crippen molar-refractivity contribution in [1.29, 1.82) is 0 Å². The Morgan fingerprint density at radius 1 is 1.09 bits per heavy atom. The van der Waals surface area contributed by atoms with Crippen molar-refractivity contribution in [3.05, 3.63) is 39.8 Å². The second-order valence-corrected chi connectivity index (χ2v) is 8.71. The number of ether oxygens (including phenoxy) is 2. The third kappa shape index (κ3) is 4.82. The van der Waals surface area contributed by atoms with Gasteiger partial charge in [0.1, 0.15) is 17.1 Å². The summed E-state index contributed by atoms with van der Waals surface area (Å²) >= 11 is 6.64. The van der Waals surface area contributed by atoms with Gasteiger partial charge in [-0.1, -0.05) is 11.6 Å². The van der Waals surface area contributed by atoms with E-state index in [1.165, 1.54) is 7.11 Å². The standard InChI is InChI=1S/C24H31ClN6O3/c1-26-16-5-7-30(8-6-16)9-10-31-22-15(14-28-24(27-2)29-22)11-19(23(31)32)18-12-17(33-3)13-20(34-4)21(18)25/h11-14,16,26H,5-10H2,1-4H3,(H,27,28,29). The molecule has 1 aliphatic heterocycles. The van der Waals surface area contributed by atoms with Gasteiger partial charge in [-0.3, -0.25) is 9.36 Å². The summed E-state index contributed by atoms with van der Waals surface area (Å²) in [6, 6.07) is 5.79. The molecule has 0 bridgehead atoms. The molecule has 0 saturated carbocycles. The molecule has 2 N–H and O–H groups in total. The molecule has 0 radical (unpaired) electrons. The number of nitrogens with one attached hydrogen (secondary N) is 2. The van der Waals surface area contributed by atoms with Crippen LogP contribution in [0.15, 0.2) is 29.2 Å². The Labute approximate surface area is 204 Å². The van der Waals surface area contributed by atoms with E-state index in [0.717, 1.165) is 37.9 Å². The van der Waals surface area contributed by atoms with Crippen LogP contribution in [0, 0.1) is 0 Å². The first-order valence-electron chi connectivity index (χ1n) is 11.4. The molecule has 3 heterocycles. The van der Waals surface area contributed by atoms with Gasteiger partial charge < -0.3 is 25.0 Å². The Morgan fingerprint density at radius 3 is 2.50 bits per heavy atom. The zero-order valence-corrected chi connectivity index (χ0v) is 20.8. The van der Waals surface area contributed by atoms with Gasteiger partial charge in [0.15, 0.2) is 0 Å². The Kier molecular flexibility index (Phi) is 7.55. The van der Waals surface area contributed by atoms with Crippen LogP contribution < -0.4 is 25.7 Å². The second kappa shape index (κ2) is 10.6. The van der Waals surface area contributed by atoms with Crippen LogP contribution in [0.5, 0.6) is 11.5 Å². The molecule has 0 atom stereocenters. The van der Waals surface area contributed by atoms with Crippen molar-refractivity contribution in [1.82, 2.24) is 24.8 Å². The van der Waals surface area contributed by atoms with E-state index < -0.39 is 0 Å². The van der Waals surface area contributed by atoms with Crippen molar-refractivity contribution in [3.63, 3.8) is 0 Å². The van der Waals surface area contributed by atoms with Gasteiger partial charge in [-0.15, -0.1) is 0 Å². The normalized spacial score (nSPS) is 15.0. The number of aromatic nitrogens is 3. The van der Waals surface area contributed by atoms with E-state index in [4.69, 9.17) is 21.1 Å². The van der Waals surface area contributed by atoms with Crippen LogP contribution in [-0.4, -0.2) is 73.4 Å². The predicted octanol–water partition coefficient (Wildman–Crippen LogP) is 2.85. The number of hydrogen-bond donors (Lipinski definition) is 2. The fourth-order valence-electron chi connectivity index (χ4n) is 4.40. The number of pyridine rings is 1. The highest BCUT2D eigenvalue weighted by Gasteiger charge is 2.21. The van der Waals surface area contributed by atoms with Crippen LogP contribution >= 0.6 is 11.6 Å². The molecule has 34 heavy (non-hydrogen) atoms. The molecule has 1 aromatic carbocycles. The summed E-state index contributed by atoms with van der Waals surface area (Å²) in [7, 11) is 6.87. The zero-order valence-electron chi connectivity index (χ0n) is 20.0. The summed E-state index contributed by atoms with van der Waals surface area (Å²) in [4.78, 5) is 25.2. The van der Waals surface area contributed by atoms with E-state index in [1.807, 2.05) is 7.05 Å². The molecule has 9 nitrogen and oxygen atoms in total. The number of methoxy groups -OCH3 is 2. The van der Waals surface area contributed by atoms with E-state index in [-0.39, 0.29) is 5.56 Å². The highest BCUT2D eigenvalue weighted by molar-refractivity contribution is 6.35. The summed E-state index contributed by atoms with van der Waals surface area (Å²) in [6.45, 7) is 3.25. The van der Waals surface area contributed by atoms with Crippen molar-refractivity contribution in [2.75, 3.05) is 53.3 Å². The van der Waals surface area contributed by atoms with Crippen LogP contribution in [-0.2, 0) is 6.54 Å². The highest BCUT2D eigenvalue weighted by Crippen LogP contribution is 2.38. The Bertz CT molecular complexity index is 1220. The Morgan fingerprint density at radius 2 is 1.85 bits per heavy atom. The molecule has 0 spiro atoms. The molecular weight excluding hydrogens is 456 g/mol. The number of halogens is 1. The first-order valence-corrected chi connectivity index (χ1v) is 11.8. The fraction of sp³-hybridized carbons (Fsp3) is 0.458.